The van der Waals surface area contributed by atoms with Crippen LogP contribution in [0.1, 0.15) is 73.0 Å². The molecule has 1 heterocycles. The van der Waals surface area contributed by atoms with Crippen LogP contribution in [0.2, 0.25) is 0 Å². The average molecular weight is 729 g/mol. The molecule has 4 atom stereocenters. The predicted octanol–water partition coefficient (Wildman–Crippen LogP) is 5.98. The van der Waals surface area contributed by atoms with Crippen LogP contribution in [0.5, 0.6) is 0 Å². The lowest BCUT2D eigenvalue weighted by Crippen LogP contribution is -2.48. The van der Waals surface area contributed by atoms with Crippen molar-refractivity contribution in [3.05, 3.63) is 113 Å². The van der Waals surface area contributed by atoms with Crippen LogP contribution in [0.4, 0.5) is 11.5 Å². The van der Waals surface area contributed by atoms with E-state index in [0.29, 0.717) is 19.6 Å². The van der Waals surface area contributed by atoms with Crippen molar-refractivity contribution in [2.45, 2.75) is 100 Å². The van der Waals surface area contributed by atoms with Gasteiger partial charge in [0.2, 0.25) is 5.91 Å². The molecule has 0 saturated heterocycles. The Morgan fingerprint density at radius 2 is 1.29 bits per heavy atom. The third-order valence-electron chi connectivity index (χ3n) is 9.48. The first-order valence-corrected chi connectivity index (χ1v) is 19.2. The molecule has 52 heavy (non-hydrogen) atoms. The molecule has 0 aliphatic heterocycles. The van der Waals surface area contributed by atoms with E-state index in [2.05, 4.69) is 25.6 Å². The molecule has 2 amide bonds. The summed E-state index contributed by atoms with van der Waals surface area (Å²) in [6, 6.07) is 25.5. The number of aromatic nitrogens is 2. The summed E-state index contributed by atoms with van der Waals surface area (Å²) in [5, 5.41) is 13.3. The molecular formula is C38H44N6O7S. The van der Waals surface area contributed by atoms with Crippen molar-refractivity contribution in [3.63, 3.8) is 0 Å². The summed E-state index contributed by atoms with van der Waals surface area (Å²) in [5.74, 6) is -1.03. The van der Waals surface area contributed by atoms with Gasteiger partial charge in [0, 0.05) is 6.07 Å². The third-order valence-corrected chi connectivity index (χ3v) is 10.8. The second-order valence-corrected chi connectivity index (χ2v) is 14.9. The topological polar surface area (TPSA) is 170 Å². The van der Waals surface area contributed by atoms with Crippen molar-refractivity contribution < 1.29 is 27.5 Å². The van der Waals surface area contributed by atoms with Gasteiger partial charge in [-0.1, -0.05) is 86.3 Å². The van der Waals surface area contributed by atoms with Crippen molar-refractivity contribution in [2.75, 3.05) is 4.72 Å². The zero-order chi connectivity index (χ0) is 36.3. The summed E-state index contributed by atoms with van der Waals surface area (Å²) in [4.78, 5) is 38.2. The first kappa shape index (κ1) is 36.9. The van der Waals surface area contributed by atoms with Crippen LogP contribution in [0.25, 0.3) is 0 Å². The second-order valence-electron chi connectivity index (χ2n) is 13.3. The summed E-state index contributed by atoms with van der Waals surface area (Å²) in [6.07, 6.45) is 6.44. The maximum atomic E-state index is 13.9. The molecule has 0 bridgehead atoms. The van der Waals surface area contributed by atoms with E-state index in [4.69, 9.17) is 9.47 Å². The normalized spacial score (nSPS) is 20.5. The Kier molecular flexibility index (Phi) is 12.4. The van der Waals surface area contributed by atoms with Crippen LogP contribution in [0.15, 0.2) is 101 Å². The Labute approximate surface area is 303 Å². The Balaban J connectivity index is 1.18. The number of anilines is 1. The molecule has 3 N–H and O–H groups in total. The molecule has 3 aromatic carbocycles. The molecule has 274 valence electrons. The van der Waals surface area contributed by atoms with Crippen LogP contribution in [0, 0.1) is 4.91 Å². The van der Waals surface area contributed by atoms with Crippen molar-refractivity contribution in [2.24, 2.45) is 5.18 Å². The summed E-state index contributed by atoms with van der Waals surface area (Å²) in [7, 11) is -4.16. The van der Waals surface area contributed by atoms with Crippen LogP contribution >= 0.6 is 0 Å². The number of amides is 2. The lowest BCUT2D eigenvalue weighted by molar-refractivity contribution is -0.124. The maximum absolute atomic E-state index is 13.9. The molecule has 6 rings (SSSR count). The van der Waals surface area contributed by atoms with E-state index in [-0.39, 0.29) is 58.8 Å². The number of nitroso groups, excluding NO2 is 1. The van der Waals surface area contributed by atoms with Gasteiger partial charge in [-0.2, -0.15) is 5.10 Å². The van der Waals surface area contributed by atoms with Gasteiger partial charge in [0.05, 0.1) is 42.4 Å². The van der Waals surface area contributed by atoms with Crippen molar-refractivity contribution in [3.8, 4) is 0 Å². The first-order valence-electron chi connectivity index (χ1n) is 17.7. The molecular weight excluding hydrogens is 685 g/mol. The highest BCUT2D eigenvalue weighted by Crippen LogP contribution is 2.25. The standard InChI is InChI=1S/C38H44N6O7S/c45-37(39-31-15-7-9-17-34(31)50-25-27-11-3-1-4-12-27)24-44-33(23-36(41-44)43-52(48,49)30-21-19-29(42-47)20-22-30)38(46)40-32-16-8-10-18-35(32)51-26-28-13-5-2-6-14-28/h1-6,11-14,19-23,31-32,34-35H,7-10,15-18,24-26H2,(H,39,45)(H,40,46)(H,41,43)/t31-,32-,34-,35-/m0/s1. The van der Waals surface area contributed by atoms with Crippen molar-refractivity contribution in [1.29, 1.82) is 0 Å². The van der Waals surface area contributed by atoms with E-state index in [9.17, 15) is 22.9 Å². The van der Waals surface area contributed by atoms with E-state index in [1.807, 2.05) is 60.7 Å². The molecule has 0 spiro atoms. The number of benzene rings is 3. The molecule has 2 saturated carbocycles. The smallest absolute Gasteiger partial charge is 0.269 e. The molecule has 4 aromatic rings. The van der Waals surface area contributed by atoms with Crippen LogP contribution in [-0.4, -0.2) is 54.3 Å². The van der Waals surface area contributed by atoms with Crippen molar-refractivity contribution >= 4 is 33.3 Å². The highest BCUT2D eigenvalue weighted by Gasteiger charge is 2.31. The van der Waals surface area contributed by atoms with E-state index < -0.39 is 15.9 Å². The Bertz CT molecular complexity index is 1900. The van der Waals surface area contributed by atoms with E-state index in [0.717, 1.165) is 56.1 Å². The number of nitrogens with one attached hydrogen (secondary N) is 3. The number of rotatable bonds is 15. The van der Waals surface area contributed by atoms with Gasteiger partial charge in [-0.05, 0) is 66.3 Å². The molecule has 14 heteroatoms. The third kappa shape index (κ3) is 9.90. The molecule has 13 nitrogen and oxygen atoms in total. The van der Waals surface area contributed by atoms with E-state index in [1.54, 1.807) is 0 Å². The number of hydrogen-bond donors (Lipinski definition) is 3. The number of ether oxygens (including phenoxy) is 2. The SMILES string of the molecule is O=Nc1ccc(S(=O)(=O)Nc2cc(C(=O)N[C@H]3CCCC[C@@H]3OCc3ccccc3)n(CC(=O)N[C@H]3CCCC[C@@H]3OCc3ccccc3)n2)cc1. The van der Waals surface area contributed by atoms with Gasteiger partial charge in [0.15, 0.2) is 5.82 Å². The number of sulfonamides is 1. The molecule has 2 fully saturated rings. The average Bonchev–Trinajstić information content (AvgIpc) is 3.55. The van der Waals surface area contributed by atoms with Gasteiger partial charge in [0.25, 0.3) is 15.9 Å². The summed E-state index contributed by atoms with van der Waals surface area (Å²) in [5.41, 5.74) is 2.16. The van der Waals surface area contributed by atoms with Gasteiger partial charge in [-0.3, -0.25) is 14.3 Å². The number of hydrogen-bond acceptors (Lipinski definition) is 9. The van der Waals surface area contributed by atoms with E-state index in [1.165, 1.54) is 35.0 Å². The van der Waals surface area contributed by atoms with E-state index >= 15 is 0 Å². The van der Waals surface area contributed by atoms with Crippen LogP contribution in [-0.2, 0) is 44.1 Å². The number of carbonyl (C=O) groups is 2. The number of carbonyl (C=O) groups excluding carboxylic acids is 2. The maximum Gasteiger partial charge on any atom is 0.269 e. The monoisotopic (exact) mass is 728 g/mol. The fraction of sp³-hybridized carbons (Fsp3) is 0.395. The molecule has 1 aromatic heterocycles. The fourth-order valence-corrected chi connectivity index (χ4v) is 7.75. The molecule has 0 unspecified atom stereocenters. The molecule has 2 aliphatic rings. The zero-order valence-corrected chi connectivity index (χ0v) is 29.7. The minimum Gasteiger partial charge on any atom is -0.371 e. The summed E-state index contributed by atoms with van der Waals surface area (Å²) in [6.45, 7) is 0.504. The largest absolute Gasteiger partial charge is 0.371 e. The Hall–Kier alpha value is -4.92. The Morgan fingerprint density at radius 3 is 1.85 bits per heavy atom. The van der Waals surface area contributed by atoms with Gasteiger partial charge >= 0.3 is 0 Å². The van der Waals surface area contributed by atoms with Gasteiger partial charge in [-0.25, -0.2) is 13.1 Å². The summed E-state index contributed by atoms with van der Waals surface area (Å²) < 4.78 is 42.6. The Morgan fingerprint density at radius 1 is 0.750 bits per heavy atom. The lowest BCUT2D eigenvalue weighted by Gasteiger charge is -2.32. The highest BCUT2D eigenvalue weighted by molar-refractivity contribution is 7.92. The first-order chi connectivity index (χ1) is 25.3. The van der Waals surface area contributed by atoms with Crippen molar-refractivity contribution in [1.82, 2.24) is 20.4 Å². The van der Waals surface area contributed by atoms with Crippen LogP contribution in [0.3, 0.4) is 0 Å². The number of nitrogens with zero attached hydrogens (tertiary/aromatic N) is 3. The summed E-state index contributed by atoms with van der Waals surface area (Å²) >= 11 is 0. The minimum atomic E-state index is -4.16. The highest BCUT2D eigenvalue weighted by atomic mass is 32.2. The predicted molar refractivity (Wildman–Crippen MR) is 195 cm³/mol. The fourth-order valence-electron chi connectivity index (χ4n) is 6.76. The zero-order valence-electron chi connectivity index (χ0n) is 28.9. The second kappa shape index (κ2) is 17.5. The minimum absolute atomic E-state index is 0.0151. The molecule has 2 aliphatic carbocycles. The molecule has 0 radical (unpaired) electrons. The van der Waals surface area contributed by atoms with Gasteiger partial charge in [-0.15, -0.1) is 4.91 Å². The lowest BCUT2D eigenvalue weighted by atomic mass is 9.92. The van der Waals surface area contributed by atoms with Gasteiger partial charge in [0.1, 0.15) is 17.9 Å². The van der Waals surface area contributed by atoms with Crippen LogP contribution < -0.4 is 15.4 Å². The quantitative estimate of drug-likeness (QED) is 0.126. The van der Waals surface area contributed by atoms with Gasteiger partial charge < -0.3 is 20.1 Å².